The zero-order chi connectivity index (χ0) is 16.4. The predicted molar refractivity (Wildman–Crippen MR) is 85.8 cm³/mol. The van der Waals surface area contributed by atoms with Crippen LogP contribution in [0.4, 0.5) is 32.1 Å². The quantitative estimate of drug-likeness (QED) is 0.781. The summed E-state index contributed by atoms with van der Waals surface area (Å²) in [6.07, 6.45) is 0. The van der Waals surface area contributed by atoms with Gasteiger partial charge in [0.05, 0.1) is 0 Å². The summed E-state index contributed by atoms with van der Waals surface area (Å²) < 4.78 is 26.2. The fourth-order valence-electron chi connectivity index (χ4n) is 2.48. The van der Waals surface area contributed by atoms with Gasteiger partial charge in [-0.1, -0.05) is 6.92 Å². The SMILES string of the molecule is CCNC1CN(c2cc(Nc3ccc(F)c(F)c3)nc(N)n2)C1. The zero-order valence-electron chi connectivity index (χ0n) is 12.7. The third-order valence-electron chi connectivity index (χ3n) is 3.62. The van der Waals surface area contributed by atoms with Gasteiger partial charge in [-0.25, -0.2) is 8.78 Å². The first-order valence-corrected chi connectivity index (χ1v) is 7.40. The van der Waals surface area contributed by atoms with Gasteiger partial charge in [0.25, 0.3) is 0 Å². The fraction of sp³-hybridized carbons (Fsp3) is 0.333. The van der Waals surface area contributed by atoms with Crippen LogP contribution < -0.4 is 21.3 Å². The van der Waals surface area contributed by atoms with Crippen LogP contribution in [0.25, 0.3) is 0 Å². The molecule has 23 heavy (non-hydrogen) atoms. The van der Waals surface area contributed by atoms with Gasteiger partial charge in [0.15, 0.2) is 11.6 Å². The van der Waals surface area contributed by atoms with E-state index < -0.39 is 11.6 Å². The summed E-state index contributed by atoms with van der Waals surface area (Å²) in [5.74, 6) is -0.552. The molecular weight excluding hydrogens is 302 g/mol. The molecule has 0 unspecified atom stereocenters. The Labute approximate surface area is 132 Å². The minimum absolute atomic E-state index is 0.125. The van der Waals surface area contributed by atoms with Crippen molar-refractivity contribution in [2.75, 3.05) is 35.6 Å². The van der Waals surface area contributed by atoms with Crippen molar-refractivity contribution in [2.45, 2.75) is 13.0 Å². The highest BCUT2D eigenvalue weighted by atomic mass is 19.2. The average Bonchev–Trinajstić information content (AvgIpc) is 2.45. The number of halogens is 2. The molecule has 122 valence electrons. The topological polar surface area (TPSA) is 79.1 Å². The largest absolute Gasteiger partial charge is 0.368 e. The van der Waals surface area contributed by atoms with Crippen molar-refractivity contribution in [3.05, 3.63) is 35.9 Å². The van der Waals surface area contributed by atoms with Crippen LogP contribution in [0, 0.1) is 11.6 Å². The molecule has 0 radical (unpaired) electrons. The predicted octanol–water partition coefficient (Wildman–Crippen LogP) is 1.88. The van der Waals surface area contributed by atoms with Crippen molar-refractivity contribution in [1.29, 1.82) is 0 Å². The van der Waals surface area contributed by atoms with Gasteiger partial charge in [0.2, 0.25) is 5.95 Å². The lowest BCUT2D eigenvalue weighted by Crippen LogP contribution is -2.58. The normalized spacial score (nSPS) is 14.7. The van der Waals surface area contributed by atoms with E-state index in [-0.39, 0.29) is 5.95 Å². The third-order valence-corrected chi connectivity index (χ3v) is 3.62. The molecule has 0 bridgehead atoms. The van der Waals surface area contributed by atoms with Crippen molar-refractivity contribution in [3.8, 4) is 0 Å². The molecule has 1 saturated heterocycles. The number of nitrogens with two attached hydrogens (primary N) is 1. The summed E-state index contributed by atoms with van der Waals surface area (Å²) in [5.41, 5.74) is 6.13. The first kappa shape index (κ1) is 15.4. The first-order valence-electron chi connectivity index (χ1n) is 7.40. The molecule has 2 aromatic rings. The van der Waals surface area contributed by atoms with E-state index in [1.54, 1.807) is 6.07 Å². The van der Waals surface area contributed by atoms with Crippen LogP contribution in [-0.2, 0) is 0 Å². The molecule has 3 rings (SSSR count). The number of nitrogen functional groups attached to an aromatic ring is 1. The number of aromatic nitrogens is 2. The summed E-state index contributed by atoms with van der Waals surface area (Å²) in [4.78, 5) is 10.4. The van der Waals surface area contributed by atoms with Gasteiger partial charge in [0, 0.05) is 37.0 Å². The molecule has 8 heteroatoms. The highest BCUT2D eigenvalue weighted by Gasteiger charge is 2.27. The second-order valence-electron chi connectivity index (χ2n) is 5.38. The van der Waals surface area contributed by atoms with E-state index in [2.05, 4.69) is 32.4 Å². The van der Waals surface area contributed by atoms with Crippen molar-refractivity contribution in [3.63, 3.8) is 0 Å². The molecule has 0 saturated carbocycles. The molecule has 0 spiro atoms. The van der Waals surface area contributed by atoms with Crippen LogP contribution in [0.3, 0.4) is 0 Å². The first-order chi connectivity index (χ1) is 11.0. The standard InChI is InChI=1S/C15H18F2N6/c1-2-19-10-7-23(8-10)14-6-13(21-15(18)22-14)20-9-3-4-11(16)12(17)5-9/h3-6,10,19H,2,7-8H2,1H3,(H3,18,20,21,22). The Morgan fingerprint density at radius 2 is 2.00 bits per heavy atom. The number of likely N-dealkylation sites (N-methyl/N-ethyl adjacent to an activating group) is 1. The summed E-state index contributed by atoms with van der Waals surface area (Å²) in [7, 11) is 0. The molecular formula is C15H18F2N6. The smallest absolute Gasteiger partial charge is 0.223 e. The van der Waals surface area contributed by atoms with Crippen LogP contribution in [0.2, 0.25) is 0 Å². The second-order valence-corrected chi connectivity index (χ2v) is 5.38. The van der Waals surface area contributed by atoms with Crippen molar-refractivity contribution < 1.29 is 8.78 Å². The Balaban J connectivity index is 1.74. The summed E-state index contributed by atoms with van der Waals surface area (Å²) in [5, 5.41) is 6.27. The lowest BCUT2D eigenvalue weighted by atomic mass is 10.1. The Morgan fingerprint density at radius 1 is 1.22 bits per heavy atom. The second kappa shape index (κ2) is 6.33. The highest BCUT2D eigenvalue weighted by Crippen LogP contribution is 2.24. The van der Waals surface area contributed by atoms with E-state index in [0.717, 1.165) is 31.8 Å². The molecule has 0 aliphatic carbocycles. The summed E-state index contributed by atoms with van der Waals surface area (Å²) in [6, 6.07) is 5.73. The maximum atomic E-state index is 13.3. The molecule has 6 nitrogen and oxygen atoms in total. The number of hydrogen-bond donors (Lipinski definition) is 3. The summed E-state index contributed by atoms with van der Waals surface area (Å²) in [6.45, 7) is 4.67. The molecule has 1 aliphatic rings. The third kappa shape index (κ3) is 3.48. The van der Waals surface area contributed by atoms with E-state index in [9.17, 15) is 8.78 Å². The highest BCUT2D eigenvalue weighted by molar-refractivity contribution is 5.62. The zero-order valence-corrected chi connectivity index (χ0v) is 12.7. The van der Waals surface area contributed by atoms with Gasteiger partial charge >= 0.3 is 0 Å². The Morgan fingerprint density at radius 3 is 2.70 bits per heavy atom. The van der Waals surface area contributed by atoms with Gasteiger partial charge in [0.1, 0.15) is 11.6 Å². The maximum absolute atomic E-state index is 13.3. The molecule has 1 aromatic heterocycles. The molecule has 0 amide bonds. The van der Waals surface area contributed by atoms with Gasteiger partial charge in [-0.05, 0) is 18.7 Å². The molecule has 1 fully saturated rings. The van der Waals surface area contributed by atoms with Gasteiger partial charge < -0.3 is 21.3 Å². The van der Waals surface area contributed by atoms with Crippen LogP contribution in [0.5, 0.6) is 0 Å². The Kier molecular flexibility index (Phi) is 4.24. The van der Waals surface area contributed by atoms with Crippen LogP contribution in [0.15, 0.2) is 24.3 Å². The van der Waals surface area contributed by atoms with E-state index in [1.165, 1.54) is 6.07 Å². The number of hydrogen-bond acceptors (Lipinski definition) is 6. The Bertz CT molecular complexity index is 702. The monoisotopic (exact) mass is 320 g/mol. The fourth-order valence-corrected chi connectivity index (χ4v) is 2.48. The van der Waals surface area contributed by atoms with Crippen molar-refractivity contribution in [1.82, 2.24) is 15.3 Å². The lowest BCUT2D eigenvalue weighted by molar-refractivity contribution is 0.427. The van der Waals surface area contributed by atoms with E-state index in [0.29, 0.717) is 23.4 Å². The van der Waals surface area contributed by atoms with Gasteiger partial charge in [-0.15, -0.1) is 0 Å². The van der Waals surface area contributed by atoms with E-state index in [4.69, 9.17) is 5.73 Å². The number of nitrogens with one attached hydrogen (secondary N) is 2. The van der Waals surface area contributed by atoms with Crippen LogP contribution in [0.1, 0.15) is 6.92 Å². The van der Waals surface area contributed by atoms with Gasteiger partial charge in [-0.2, -0.15) is 9.97 Å². The molecule has 2 heterocycles. The van der Waals surface area contributed by atoms with Crippen LogP contribution in [-0.4, -0.2) is 35.6 Å². The van der Waals surface area contributed by atoms with Crippen molar-refractivity contribution >= 4 is 23.3 Å². The molecule has 1 aromatic carbocycles. The summed E-state index contributed by atoms with van der Waals surface area (Å²) >= 11 is 0. The number of anilines is 4. The number of nitrogens with zero attached hydrogens (tertiary/aromatic N) is 3. The number of benzene rings is 1. The maximum Gasteiger partial charge on any atom is 0.223 e. The minimum atomic E-state index is -0.923. The lowest BCUT2D eigenvalue weighted by Gasteiger charge is -2.40. The van der Waals surface area contributed by atoms with E-state index >= 15 is 0 Å². The van der Waals surface area contributed by atoms with Crippen LogP contribution >= 0.6 is 0 Å². The number of rotatable bonds is 5. The minimum Gasteiger partial charge on any atom is -0.368 e. The van der Waals surface area contributed by atoms with Gasteiger partial charge in [-0.3, -0.25) is 0 Å². The van der Waals surface area contributed by atoms with Crippen molar-refractivity contribution in [2.24, 2.45) is 0 Å². The molecule has 1 aliphatic heterocycles. The molecule has 0 atom stereocenters. The van der Waals surface area contributed by atoms with E-state index in [1.807, 2.05) is 0 Å². The average molecular weight is 320 g/mol. The molecule has 4 N–H and O–H groups in total. The Hall–Kier alpha value is -2.48.